The van der Waals surface area contributed by atoms with Gasteiger partial charge in [0.15, 0.2) is 0 Å². The summed E-state index contributed by atoms with van der Waals surface area (Å²) in [5.74, 6) is 2.57. The Morgan fingerprint density at radius 1 is 1.31 bits per heavy atom. The summed E-state index contributed by atoms with van der Waals surface area (Å²) in [7, 11) is 0. The predicted molar refractivity (Wildman–Crippen MR) is 50.8 cm³/mol. The van der Waals surface area contributed by atoms with Crippen LogP contribution in [0.4, 0.5) is 4.39 Å². The number of terminal acetylenes is 1. The lowest BCUT2D eigenvalue weighted by Gasteiger charge is -2.37. The Hall–Kier alpha value is -1.29. The van der Waals surface area contributed by atoms with Gasteiger partial charge in [0.1, 0.15) is 5.82 Å². The lowest BCUT2D eigenvalue weighted by Crippen LogP contribution is -2.33. The number of rotatable bonds is 1. The Bertz CT molecular complexity index is 356. The van der Waals surface area contributed by atoms with Crippen molar-refractivity contribution in [1.29, 1.82) is 0 Å². The molecule has 1 saturated carbocycles. The first-order valence-corrected chi connectivity index (χ1v) is 4.51. The smallest absolute Gasteiger partial charge is 0.127 e. The molecular formula is C12H11F. The monoisotopic (exact) mass is 174 g/mol. The molecule has 2 rings (SSSR count). The van der Waals surface area contributed by atoms with Crippen LogP contribution in [0.5, 0.6) is 0 Å². The van der Waals surface area contributed by atoms with E-state index in [1.54, 1.807) is 12.1 Å². The molecule has 1 aliphatic rings. The molecule has 0 atom stereocenters. The summed E-state index contributed by atoms with van der Waals surface area (Å²) in [6, 6.07) is 6.82. The molecule has 0 amide bonds. The summed E-state index contributed by atoms with van der Waals surface area (Å²) < 4.78 is 13.4. The minimum absolute atomic E-state index is 0.167. The number of benzene rings is 1. The number of hydrogen-bond donors (Lipinski definition) is 0. The first-order chi connectivity index (χ1) is 6.28. The molecule has 13 heavy (non-hydrogen) atoms. The van der Waals surface area contributed by atoms with Crippen molar-refractivity contribution < 1.29 is 4.39 Å². The Kier molecular flexibility index (Phi) is 1.84. The maximum atomic E-state index is 13.4. The van der Waals surface area contributed by atoms with E-state index in [4.69, 9.17) is 6.42 Å². The zero-order valence-corrected chi connectivity index (χ0v) is 7.39. The van der Waals surface area contributed by atoms with Crippen LogP contribution < -0.4 is 0 Å². The van der Waals surface area contributed by atoms with Crippen molar-refractivity contribution in [3.63, 3.8) is 0 Å². The van der Waals surface area contributed by atoms with E-state index >= 15 is 0 Å². The third kappa shape index (κ3) is 1.14. The average molecular weight is 174 g/mol. The van der Waals surface area contributed by atoms with E-state index in [2.05, 4.69) is 5.92 Å². The van der Waals surface area contributed by atoms with E-state index < -0.39 is 0 Å². The van der Waals surface area contributed by atoms with Gasteiger partial charge in [-0.25, -0.2) is 4.39 Å². The molecule has 0 radical (unpaired) electrons. The molecular weight excluding hydrogens is 163 g/mol. The normalized spacial score (nSPS) is 18.8. The van der Waals surface area contributed by atoms with Gasteiger partial charge in [-0.1, -0.05) is 24.1 Å². The van der Waals surface area contributed by atoms with Crippen LogP contribution in [-0.4, -0.2) is 0 Å². The summed E-state index contributed by atoms with van der Waals surface area (Å²) in [4.78, 5) is 0. The molecule has 0 aliphatic heterocycles. The highest BCUT2D eigenvalue weighted by atomic mass is 19.1. The SMILES string of the molecule is C#CC1(c2ccccc2F)CCC1. The Morgan fingerprint density at radius 2 is 2.00 bits per heavy atom. The van der Waals surface area contributed by atoms with E-state index in [9.17, 15) is 4.39 Å². The summed E-state index contributed by atoms with van der Waals surface area (Å²) in [5.41, 5.74) is 0.398. The van der Waals surface area contributed by atoms with Gasteiger partial charge in [-0.3, -0.25) is 0 Å². The van der Waals surface area contributed by atoms with Gasteiger partial charge in [0.05, 0.1) is 5.41 Å². The van der Waals surface area contributed by atoms with Crippen molar-refractivity contribution in [2.75, 3.05) is 0 Å². The third-order valence-corrected chi connectivity index (χ3v) is 2.87. The minimum Gasteiger partial charge on any atom is -0.207 e. The topological polar surface area (TPSA) is 0 Å². The molecule has 0 aromatic heterocycles. The lowest BCUT2D eigenvalue weighted by molar-refractivity contribution is 0.317. The molecule has 1 fully saturated rings. The average Bonchev–Trinajstić information content (AvgIpc) is 2.07. The van der Waals surface area contributed by atoms with Gasteiger partial charge >= 0.3 is 0 Å². The summed E-state index contributed by atoms with van der Waals surface area (Å²) >= 11 is 0. The fourth-order valence-electron chi connectivity index (χ4n) is 1.87. The van der Waals surface area contributed by atoms with Crippen LogP contribution in [0.25, 0.3) is 0 Å². The highest BCUT2D eigenvalue weighted by Gasteiger charge is 2.38. The summed E-state index contributed by atoms with van der Waals surface area (Å²) in [5, 5.41) is 0. The molecule has 0 spiro atoms. The molecule has 1 aromatic rings. The zero-order chi connectivity index (χ0) is 9.31. The maximum Gasteiger partial charge on any atom is 0.127 e. The van der Waals surface area contributed by atoms with Gasteiger partial charge in [-0.2, -0.15) is 0 Å². The van der Waals surface area contributed by atoms with Crippen LogP contribution >= 0.6 is 0 Å². The van der Waals surface area contributed by atoms with Gasteiger partial charge in [0.2, 0.25) is 0 Å². The first-order valence-electron chi connectivity index (χ1n) is 4.51. The van der Waals surface area contributed by atoms with E-state index in [-0.39, 0.29) is 11.2 Å². The van der Waals surface area contributed by atoms with Gasteiger partial charge in [-0.05, 0) is 25.3 Å². The summed E-state index contributed by atoms with van der Waals surface area (Å²) in [6.45, 7) is 0. The fourth-order valence-corrected chi connectivity index (χ4v) is 1.87. The van der Waals surface area contributed by atoms with Crippen molar-refractivity contribution in [2.45, 2.75) is 24.7 Å². The predicted octanol–water partition coefficient (Wildman–Crippen LogP) is 2.88. The van der Waals surface area contributed by atoms with Crippen LogP contribution in [0.15, 0.2) is 24.3 Å². The zero-order valence-electron chi connectivity index (χ0n) is 7.39. The van der Waals surface area contributed by atoms with E-state index in [0.717, 1.165) is 19.3 Å². The standard InChI is InChI=1S/C12H11F/c1-2-12(8-5-9-12)10-6-3-4-7-11(10)13/h1,3-4,6-7H,5,8-9H2. The lowest BCUT2D eigenvalue weighted by atomic mass is 9.65. The first kappa shape index (κ1) is 8.31. The van der Waals surface area contributed by atoms with Gasteiger partial charge < -0.3 is 0 Å². The van der Waals surface area contributed by atoms with Crippen molar-refractivity contribution in [3.8, 4) is 12.3 Å². The van der Waals surface area contributed by atoms with Crippen LogP contribution in [-0.2, 0) is 5.41 Å². The maximum absolute atomic E-state index is 13.4. The van der Waals surface area contributed by atoms with Crippen LogP contribution in [0.3, 0.4) is 0 Å². The number of hydrogen-bond acceptors (Lipinski definition) is 0. The molecule has 1 aromatic carbocycles. The van der Waals surface area contributed by atoms with Crippen molar-refractivity contribution in [1.82, 2.24) is 0 Å². The van der Waals surface area contributed by atoms with E-state index in [1.807, 2.05) is 6.07 Å². The van der Waals surface area contributed by atoms with Gasteiger partial charge in [-0.15, -0.1) is 6.42 Å². The van der Waals surface area contributed by atoms with Gasteiger partial charge in [0.25, 0.3) is 0 Å². The van der Waals surface area contributed by atoms with Gasteiger partial charge in [0, 0.05) is 5.56 Å². The molecule has 1 heteroatoms. The van der Waals surface area contributed by atoms with Crippen molar-refractivity contribution in [3.05, 3.63) is 35.6 Å². The van der Waals surface area contributed by atoms with Crippen molar-refractivity contribution in [2.24, 2.45) is 0 Å². The van der Waals surface area contributed by atoms with Crippen LogP contribution in [0, 0.1) is 18.2 Å². The molecule has 0 bridgehead atoms. The Labute approximate surface area is 77.8 Å². The van der Waals surface area contributed by atoms with Crippen molar-refractivity contribution >= 4 is 0 Å². The number of halogens is 1. The molecule has 0 heterocycles. The Morgan fingerprint density at radius 3 is 2.46 bits per heavy atom. The second-order valence-electron chi connectivity index (χ2n) is 3.56. The quantitative estimate of drug-likeness (QED) is 0.574. The molecule has 0 nitrogen and oxygen atoms in total. The second kappa shape index (κ2) is 2.88. The minimum atomic E-state index is -0.300. The molecule has 66 valence electrons. The Balaban J connectivity index is 2.46. The third-order valence-electron chi connectivity index (χ3n) is 2.87. The van der Waals surface area contributed by atoms with E-state index in [1.165, 1.54) is 6.07 Å². The second-order valence-corrected chi connectivity index (χ2v) is 3.56. The molecule has 0 unspecified atom stereocenters. The van der Waals surface area contributed by atoms with Crippen LogP contribution in [0.2, 0.25) is 0 Å². The molecule has 0 saturated heterocycles. The highest BCUT2D eigenvalue weighted by molar-refractivity contribution is 5.37. The molecule has 0 N–H and O–H groups in total. The highest BCUT2D eigenvalue weighted by Crippen LogP contribution is 2.43. The van der Waals surface area contributed by atoms with E-state index in [0.29, 0.717) is 5.56 Å². The summed E-state index contributed by atoms with van der Waals surface area (Å²) in [6.07, 6.45) is 8.40. The fraction of sp³-hybridized carbons (Fsp3) is 0.333. The van der Waals surface area contributed by atoms with Crippen LogP contribution in [0.1, 0.15) is 24.8 Å². The molecule has 1 aliphatic carbocycles. The largest absolute Gasteiger partial charge is 0.207 e.